The van der Waals surface area contributed by atoms with Crippen LogP contribution in [0.4, 0.5) is 4.39 Å². The van der Waals surface area contributed by atoms with Gasteiger partial charge in [-0.1, -0.05) is 35.9 Å². The van der Waals surface area contributed by atoms with Crippen LogP contribution < -0.4 is 10.6 Å². The van der Waals surface area contributed by atoms with Crippen LogP contribution in [-0.2, 0) is 6.42 Å². The maximum atomic E-state index is 13.7. The van der Waals surface area contributed by atoms with Gasteiger partial charge in [0.1, 0.15) is 5.82 Å². The Kier molecular flexibility index (Phi) is 4.20. The Morgan fingerprint density at radius 2 is 2.14 bits per heavy atom. The molecule has 1 aliphatic heterocycles. The summed E-state index contributed by atoms with van der Waals surface area (Å²) in [6.07, 6.45) is 0.993. The molecule has 22 heavy (non-hydrogen) atoms. The predicted octanol–water partition coefficient (Wildman–Crippen LogP) is 2.75. The van der Waals surface area contributed by atoms with Gasteiger partial charge in [-0.3, -0.25) is 4.79 Å². The Hall–Kier alpha value is -2.20. The summed E-state index contributed by atoms with van der Waals surface area (Å²) in [5, 5.41) is 6.24. The van der Waals surface area contributed by atoms with E-state index in [1.807, 2.05) is 19.1 Å². The minimum Gasteiger partial charge on any atom is -0.350 e. The number of amides is 1. The summed E-state index contributed by atoms with van der Waals surface area (Å²) in [6, 6.07) is 12.9. The Balaban J connectivity index is 1.71. The highest BCUT2D eigenvalue weighted by molar-refractivity contribution is 5.94. The van der Waals surface area contributed by atoms with E-state index in [2.05, 4.69) is 22.8 Å². The van der Waals surface area contributed by atoms with Gasteiger partial charge in [-0.2, -0.15) is 0 Å². The molecule has 3 rings (SSSR count). The molecule has 1 aliphatic rings. The van der Waals surface area contributed by atoms with Gasteiger partial charge in [-0.05, 0) is 43.1 Å². The van der Waals surface area contributed by atoms with Crippen LogP contribution in [0.2, 0.25) is 0 Å². The van der Waals surface area contributed by atoms with Crippen molar-refractivity contribution in [1.29, 1.82) is 0 Å². The zero-order chi connectivity index (χ0) is 15.5. The second-order valence-corrected chi connectivity index (χ2v) is 5.65. The fourth-order valence-corrected chi connectivity index (χ4v) is 2.88. The highest BCUT2D eigenvalue weighted by atomic mass is 19.1. The molecule has 1 unspecified atom stereocenters. The summed E-state index contributed by atoms with van der Waals surface area (Å²) in [5.41, 5.74) is 3.48. The lowest BCUT2D eigenvalue weighted by Crippen LogP contribution is -2.39. The van der Waals surface area contributed by atoms with Crippen LogP contribution in [0.25, 0.3) is 0 Å². The van der Waals surface area contributed by atoms with Crippen LogP contribution in [0, 0.1) is 12.7 Å². The van der Waals surface area contributed by atoms with Crippen molar-refractivity contribution in [3.8, 4) is 0 Å². The molecule has 0 radical (unpaired) electrons. The topological polar surface area (TPSA) is 41.1 Å². The summed E-state index contributed by atoms with van der Waals surface area (Å²) >= 11 is 0. The number of hydrogen-bond donors (Lipinski definition) is 2. The van der Waals surface area contributed by atoms with Crippen LogP contribution in [0.3, 0.4) is 0 Å². The number of carbonyl (C=O) groups is 1. The van der Waals surface area contributed by atoms with Gasteiger partial charge >= 0.3 is 0 Å². The number of carbonyl (C=O) groups excluding carboxylic acids is 1. The van der Waals surface area contributed by atoms with Gasteiger partial charge < -0.3 is 10.6 Å². The van der Waals surface area contributed by atoms with Crippen molar-refractivity contribution in [3.63, 3.8) is 0 Å². The maximum absolute atomic E-state index is 13.7. The van der Waals surface area contributed by atoms with Gasteiger partial charge in [0.2, 0.25) is 0 Å². The normalized spacial score (nSPS) is 16.9. The Bertz CT molecular complexity index is 699. The van der Waals surface area contributed by atoms with Crippen molar-refractivity contribution in [3.05, 3.63) is 70.5 Å². The van der Waals surface area contributed by atoms with Crippen molar-refractivity contribution in [2.45, 2.75) is 19.4 Å². The third-order valence-corrected chi connectivity index (χ3v) is 4.05. The van der Waals surface area contributed by atoms with Gasteiger partial charge in [-0.25, -0.2) is 4.39 Å². The first-order valence-corrected chi connectivity index (χ1v) is 7.50. The molecule has 0 bridgehead atoms. The zero-order valence-corrected chi connectivity index (χ0v) is 12.5. The summed E-state index contributed by atoms with van der Waals surface area (Å²) < 4.78 is 13.7. The average Bonchev–Trinajstić information content (AvgIpc) is 2.54. The quantitative estimate of drug-likeness (QED) is 0.915. The highest BCUT2D eigenvalue weighted by Crippen LogP contribution is 2.22. The molecule has 2 aromatic carbocycles. The molecule has 1 amide bonds. The number of nitrogens with one attached hydrogen (secondary N) is 2. The molecule has 114 valence electrons. The molecule has 0 saturated heterocycles. The molecule has 0 spiro atoms. The van der Waals surface area contributed by atoms with Gasteiger partial charge in [-0.15, -0.1) is 0 Å². The maximum Gasteiger partial charge on any atom is 0.254 e. The molecular formula is C18H19FN2O. The van der Waals surface area contributed by atoms with Gasteiger partial charge in [0.05, 0.1) is 5.56 Å². The van der Waals surface area contributed by atoms with Crippen molar-refractivity contribution in [2.75, 3.05) is 13.1 Å². The third-order valence-electron chi connectivity index (χ3n) is 4.05. The van der Waals surface area contributed by atoms with E-state index < -0.39 is 5.82 Å². The lowest BCUT2D eigenvalue weighted by molar-refractivity contribution is 0.0945. The minimum absolute atomic E-state index is 0.0711. The molecule has 0 aliphatic carbocycles. The largest absolute Gasteiger partial charge is 0.350 e. The average molecular weight is 298 g/mol. The highest BCUT2D eigenvalue weighted by Gasteiger charge is 2.20. The predicted molar refractivity (Wildman–Crippen MR) is 84.4 cm³/mol. The second-order valence-electron chi connectivity index (χ2n) is 5.65. The lowest BCUT2D eigenvalue weighted by Gasteiger charge is -2.27. The number of fused-ring (bicyclic) bond motifs is 1. The number of rotatable bonds is 3. The number of benzene rings is 2. The SMILES string of the molecule is Cc1ccc(F)c(C(=O)NCC2NCCc3ccccc32)c1. The molecule has 2 aromatic rings. The zero-order valence-electron chi connectivity index (χ0n) is 12.5. The van der Waals surface area contributed by atoms with Crippen LogP contribution in [0.5, 0.6) is 0 Å². The first kappa shape index (κ1) is 14.7. The number of halogens is 1. The standard InChI is InChI=1S/C18H19FN2O/c1-12-6-7-16(19)15(10-12)18(22)21-11-17-14-5-3-2-4-13(14)8-9-20-17/h2-7,10,17,20H,8-9,11H2,1H3,(H,21,22). The van der Waals surface area contributed by atoms with E-state index in [-0.39, 0.29) is 17.5 Å². The fourth-order valence-electron chi connectivity index (χ4n) is 2.88. The van der Waals surface area contributed by atoms with Crippen molar-refractivity contribution >= 4 is 5.91 Å². The van der Waals surface area contributed by atoms with E-state index in [9.17, 15) is 9.18 Å². The number of aryl methyl sites for hydroxylation is 1. The van der Waals surface area contributed by atoms with Gasteiger partial charge in [0, 0.05) is 12.6 Å². The number of hydrogen-bond acceptors (Lipinski definition) is 2. The van der Waals surface area contributed by atoms with Crippen LogP contribution in [-0.4, -0.2) is 19.0 Å². The van der Waals surface area contributed by atoms with E-state index >= 15 is 0 Å². The molecule has 3 nitrogen and oxygen atoms in total. The summed E-state index contributed by atoms with van der Waals surface area (Å²) in [5.74, 6) is -0.855. The Labute approximate surface area is 129 Å². The molecule has 2 N–H and O–H groups in total. The van der Waals surface area contributed by atoms with Gasteiger partial charge in [0.15, 0.2) is 0 Å². The minimum atomic E-state index is -0.486. The van der Waals surface area contributed by atoms with E-state index in [0.717, 1.165) is 18.5 Å². The molecule has 0 aromatic heterocycles. The van der Waals surface area contributed by atoms with E-state index in [1.165, 1.54) is 17.2 Å². The second kappa shape index (κ2) is 6.28. The fraction of sp³-hybridized carbons (Fsp3) is 0.278. The van der Waals surface area contributed by atoms with Crippen molar-refractivity contribution in [2.24, 2.45) is 0 Å². The van der Waals surface area contributed by atoms with Crippen molar-refractivity contribution in [1.82, 2.24) is 10.6 Å². The van der Waals surface area contributed by atoms with Crippen LogP contribution >= 0.6 is 0 Å². The van der Waals surface area contributed by atoms with Gasteiger partial charge in [0.25, 0.3) is 5.91 Å². The van der Waals surface area contributed by atoms with E-state index in [4.69, 9.17) is 0 Å². The molecule has 0 saturated carbocycles. The van der Waals surface area contributed by atoms with Crippen LogP contribution in [0.15, 0.2) is 42.5 Å². The molecule has 1 atom stereocenters. The smallest absolute Gasteiger partial charge is 0.254 e. The summed E-state index contributed by atoms with van der Waals surface area (Å²) in [7, 11) is 0. The molecule has 0 fully saturated rings. The first-order valence-electron chi connectivity index (χ1n) is 7.50. The van der Waals surface area contributed by atoms with E-state index in [1.54, 1.807) is 12.1 Å². The molecule has 4 heteroatoms. The van der Waals surface area contributed by atoms with E-state index in [0.29, 0.717) is 6.54 Å². The molecule has 1 heterocycles. The summed E-state index contributed by atoms with van der Waals surface area (Å²) in [4.78, 5) is 12.2. The van der Waals surface area contributed by atoms with Crippen LogP contribution in [0.1, 0.15) is 33.1 Å². The third kappa shape index (κ3) is 3.02. The first-order chi connectivity index (χ1) is 10.6. The molecular weight excluding hydrogens is 279 g/mol. The summed E-state index contributed by atoms with van der Waals surface area (Å²) in [6.45, 7) is 3.18. The monoisotopic (exact) mass is 298 g/mol. The van der Waals surface area contributed by atoms with Crippen molar-refractivity contribution < 1.29 is 9.18 Å². The Morgan fingerprint density at radius 1 is 1.32 bits per heavy atom. The lowest BCUT2D eigenvalue weighted by atomic mass is 9.94. The Morgan fingerprint density at radius 3 is 3.00 bits per heavy atom.